The van der Waals surface area contributed by atoms with Crippen LogP contribution in [-0.4, -0.2) is 24.5 Å². The van der Waals surface area contributed by atoms with Gasteiger partial charge in [0.2, 0.25) is 0 Å². The van der Waals surface area contributed by atoms with Crippen LogP contribution >= 0.6 is 0 Å². The molecule has 25 heavy (non-hydrogen) atoms. The number of ether oxygens (including phenoxy) is 1. The fourth-order valence-corrected chi connectivity index (χ4v) is 4.29. The molecule has 2 saturated carbocycles. The zero-order valence-electron chi connectivity index (χ0n) is 15.1. The molecule has 0 radical (unpaired) electrons. The van der Waals surface area contributed by atoms with Crippen molar-refractivity contribution >= 4 is 11.9 Å². The molecule has 0 unspecified atom stereocenters. The Morgan fingerprint density at radius 2 is 1.72 bits per heavy atom. The van der Waals surface area contributed by atoms with E-state index in [1.54, 1.807) is 0 Å². The van der Waals surface area contributed by atoms with Gasteiger partial charge in [-0.1, -0.05) is 50.1 Å². The maximum atomic E-state index is 12.8. The Hall–Kier alpha value is -1.84. The van der Waals surface area contributed by atoms with Crippen molar-refractivity contribution in [1.29, 1.82) is 0 Å². The number of esters is 1. The minimum atomic E-state index is -0.568. The molecular formula is C21H29NO3. The molecule has 2 aliphatic rings. The van der Waals surface area contributed by atoms with Gasteiger partial charge in [0.1, 0.15) is 0 Å². The Morgan fingerprint density at radius 1 is 1.08 bits per heavy atom. The van der Waals surface area contributed by atoms with Gasteiger partial charge < -0.3 is 10.1 Å². The molecule has 0 aliphatic heterocycles. The highest BCUT2D eigenvalue weighted by Gasteiger charge is 2.44. The number of rotatable bonds is 5. The first-order chi connectivity index (χ1) is 12.1. The highest BCUT2D eigenvalue weighted by atomic mass is 16.5. The molecular weight excluding hydrogens is 314 g/mol. The normalized spacial score (nSPS) is 25.3. The summed E-state index contributed by atoms with van der Waals surface area (Å²) >= 11 is 0. The van der Waals surface area contributed by atoms with Crippen molar-refractivity contribution < 1.29 is 14.3 Å². The van der Waals surface area contributed by atoms with Gasteiger partial charge in [0, 0.05) is 6.04 Å². The van der Waals surface area contributed by atoms with Crippen molar-refractivity contribution in [2.75, 3.05) is 6.61 Å². The Labute approximate surface area is 150 Å². The number of benzene rings is 1. The average Bonchev–Trinajstić information content (AvgIpc) is 3.13. The van der Waals surface area contributed by atoms with Crippen molar-refractivity contribution in [3.05, 3.63) is 35.9 Å². The van der Waals surface area contributed by atoms with Crippen LogP contribution in [0, 0.1) is 5.92 Å². The van der Waals surface area contributed by atoms with Crippen LogP contribution in [0.2, 0.25) is 0 Å². The van der Waals surface area contributed by atoms with Crippen molar-refractivity contribution in [1.82, 2.24) is 5.32 Å². The number of hydrogen-bond acceptors (Lipinski definition) is 3. The number of hydrogen-bond donors (Lipinski definition) is 1. The van der Waals surface area contributed by atoms with Crippen molar-refractivity contribution in [2.45, 2.75) is 69.7 Å². The van der Waals surface area contributed by atoms with Gasteiger partial charge in [0.25, 0.3) is 5.91 Å². The highest BCUT2D eigenvalue weighted by molar-refractivity contribution is 5.86. The summed E-state index contributed by atoms with van der Waals surface area (Å²) in [4.78, 5) is 25.0. The molecule has 1 N–H and O–H groups in total. The summed E-state index contributed by atoms with van der Waals surface area (Å²) in [7, 11) is 0. The first-order valence-electron chi connectivity index (χ1n) is 9.62. The number of carbonyl (C=O) groups excluding carboxylic acids is 2. The third kappa shape index (κ3) is 4.23. The molecule has 0 saturated heterocycles. The molecule has 0 bridgehead atoms. The van der Waals surface area contributed by atoms with Crippen LogP contribution in [0.3, 0.4) is 0 Å². The zero-order chi connectivity index (χ0) is 17.7. The number of amides is 1. The molecule has 1 aromatic rings. The second kappa shape index (κ2) is 8.03. The fraction of sp³-hybridized carbons (Fsp3) is 0.619. The van der Waals surface area contributed by atoms with Gasteiger partial charge in [-0.05, 0) is 50.0 Å². The van der Waals surface area contributed by atoms with Gasteiger partial charge in [-0.25, -0.2) is 0 Å². The fourth-order valence-electron chi connectivity index (χ4n) is 4.29. The van der Waals surface area contributed by atoms with Crippen molar-refractivity contribution in [3.63, 3.8) is 0 Å². The summed E-state index contributed by atoms with van der Waals surface area (Å²) in [5, 5.41) is 3.02. The first-order valence-corrected chi connectivity index (χ1v) is 9.62. The lowest BCUT2D eigenvalue weighted by atomic mass is 9.79. The van der Waals surface area contributed by atoms with Crippen LogP contribution in [0.25, 0.3) is 0 Å². The van der Waals surface area contributed by atoms with Crippen LogP contribution in [0.1, 0.15) is 63.9 Å². The van der Waals surface area contributed by atoms with E-state index in [-0.39, 0.29) is 24.5 Å². The quantitative estimate of drug-likeness (QED) is 0.829. The van der Waals surface area contributed by atoms with Gasteiger partial charge in [-0.15, -0.1) is 0 Å². The lowest BCUT2D eigenvalue weighted by molar-refractivity contribution is -0.154. The summed E-state index contributed by atoms with van der Waals surface area (Å²) in [6.45, 7) is 2.09. The average molecular weight is 343 g/mol. The lowest BCUT2D eigenvalue weighted by Crippen LogP contribution is -2.41. The minimum Gasteiger partial charge on any atom is -0.455 e. The Morgan fingerprint density at radius 3 is 2.36 bits per heavy atom. The Bertz CT molecular complexity index is 584. The SMILES string of the molecule is CC1CCC(NC(=O)COC(=O)C2(c3ccccc3)CCCC2)CC1. The van der Waals surface area contributed by atoms with E-state index in [0.717, 1.165) is 62.8 Å². The first kappa shape index (κ1) is 18.0. The highest BCUT2D eigenvalue weighted by Crippen LogP contribution is 2.42. The second-order valence-corrected chi connectivity index (χ2v) is 7.76. The smallest absolute Gasteiger partial charge is 0.317 e. The third-order valence-electron chi connectivity index (χ3n) is 5.89. The van der Waals surface area contributed by atoms with E-state index < -0.39 is 5.41 Å². The molecule has 0 heterocycles. The van der Waals surface area contributed by atoms with Crippen molar-refractivity contribution in [3.8, 4) is 0 Å². The zero-order valence-corrected chi connectivity index (χ0v) is 15.1. The van der Waals surface area contributed by atoms with E-state index in [1.807, 2.05) is 30.3 Å². The molecule has 0 atom stereocenters. The lowest BCUT2D eigenvalue weighted by Gasteiger charge is -2.28. The van der Waals surface area contributed by atoms with Gasteiger partial charge in [-0.3, -0.25) is 9.59 Å². The van der Waals surface area contributed by atoms with E-state index in [0.29, 0.717) is 0 Å². The summed E-state index contributed by atoms with van der Waals surface area (Å²) in [5.41, 5.74) is 0.445. The van der Waals surface area contributed by atoms with E-state index in [4.69, 9.17) is 4.74 Å². The number of carbonyl (C=O) groups is 2. The molecule has 2 aliphatic carbocycles. The van der Waals surface area contributed by atoms with Crippen LogP contribution in [0.5, 0.6) is 0 Å². The molecule has 4 heteroatoms. The monoisotopic (exact) mass is 343 g/mol. The van der Waals surface area contributed by atoms with Crippen LogP contribution in [0.4, 0.5) is 0 Å². The van der Waals surface area contributed by atoms with Crippen LogP contribution in [-0.2, 0) is 19.7 Å². The maximum Gasteiger partial charge on any atom is 0.317 e. The van der Waals surface area contributed by atoms with E-state index >= 15 is 0 Å². The predicted molar refractivity (Wildman–Crippen MR) is 97.1 cm³/mol. The molecule has 1 aromatic carbocycles. The number of nitrogens with one attached hydrogen (secondary N) is 1. The largest absolute Gasteiger partial charge is 0.455 e. The molecule has 4 nitrogen and oxygen atoms in total. The van der Waals surface area contributed by atoms with Crippen molar-refractivity contribution in [2.24, 2.45) is 5.92 Å². The van der Waals surface area contributed by atoms with E-state index in [1.165, 1.54) is 0 Å². The minimum absolute atomic E-state index is 0.167. The molecule has 0 spiro atoms. The van der Waals surface area contributed by atoms with Gasteiger partial charge in [0.05, 0.1) is 5.41 Å². The van der Waals surface area contributed by atoms with E-state index in [9.17, 15) is 9.59 Å². The third-order valence-corrected chi connectivity index (χ3v) is 5.89. The Kier molecular flexibility index (Phi) is 5.77. The predicted octanol–water partition coefficient (Wildman–Crippen LogP) is 3.74. The summed E-state index contributed by atoms with van der Waals surface area (Å²) in [6, 6.07) is 10.1. The summed E-state index contributed by atoms with van der Waals surface area (Å²) < 4.78 is 5.46. The van der Waals surface area contributed by atoms with Gasteiger partial charge >= 0.3 is 5.97 Å². The molecule has 2 fully saturated rings. The Balaban J connectivity index is 1.55. The van der Waals surface area contributed by atoms with Gasteiger partial charge in [0.15, 0.2) is 6.61 Å². The maximum absolute atomic E-state index is 12.8. The topological polar surface area (TPSA) is 55.4 Å². The second-order valence-electron chi connectivity index (χ2n) is 7.76. The molecule has 1 amide bonds. The summed E-state index contributed by atoms with van der Waals surface area (Å²) in [5.74, 6) is 0.330. The van der Waals surface area contributed by atoms with Crippen LogP contribution in [0.15, 0.2) is 30.3 Å². The standard InChI is InChI=1S/C21H29NO3/c1-16-9-11-18(12-10-16)22-19(23)15-25-20(24)21(13-5-6-14-21)17-7-3-2-4-8-17/h2-4,7-8,16,18H,5-6,9-15H2,1H3,(H,22,23). The van der Waals surface area contributed by atoms with Crippen LogP contribution < -0.4 is 5.32 Å². The van der Waals surface area contributed by atoms with E-state index in [2.05, 4.69) is 12.2 Å². The molecule has 3 rings (SSSR count). The molecule has 136 valence electrons. The molecule has 0 aromatic heterocycles. The van der Waals surface area contributed by atoms with Gasteiger partial charge in [-0.2, -0.15) is 0 Å². The summed E-state index contributed by atoms with van der Waals surface area (Å²) in [6.07, 6.45) is 8.01.